The zero-order valence-corrected chi connectivity index (χ0v) is 16.9. The van der Waals surface area contributed by atoms with E-state index in [-0.39, 0.29) is 22.9 Å². The fourth-order valence-corrected chi connectivity index (χ4v) is 2.44. The van der Waals surface area contributed by atoms with E-state index in [0.717, 1.165) is 0 Å². The van der Waals surface area contributed by atoms with E-state index in [0.29, 0.717) is 5.69 Å². The number of nitrogens with one attached hydrogen (secondary N) is 3. The summed E-state index contributed by atoms with van der Waals surface area (Å²) in [5, 5.41) is 7.76. The highest BCUT2D eigenvalue weighted by Crippen LogP contribution is 2.16. The maximum Gasteiger partial charge on any atom is 0.340 e. The molecule has 0 atom stereocenters. The minimum Gasteiger partial charge on any atom is -0.465 e. The topological polar surface area (TPSA) is 123 Å². The van der Waals surface area contributed by atoms with Crippen molar-refractivity contribution in [2.24, 2.45) is 0 Å². The summed E-state index contributed by atoms with van der Waals surface area (Å²) in [7, 11) is 1.26. The van der Waals surface area contributed by atoms with Crippen LogP contribution < -0.4 is 16.0 Å². The lowest BCUT2D eigenvalue weighted by Gasteiger charge is -2.13. The van der Waals surface area contributed by atoms with Crippen LogP contribution in [0.3, 0.4) is 0 Å². The van der Waals surface area contributed by atoms with Crippen LogP contribution in [0.4, 0.5) is 16.2 Å². The summed E-state index contributed by atoms with van der Waals surface area (Å²) in [6, 6.07) is 11.9. The molecule has 3 N–H and O–H groups in total. The maximum atomic E-state index is 12.4. The zero-order valence-electron chi connectivity index (χ0n) is 16.9. The molecular formula is C21H23N3O6. The summed E-state index contributed by atoms with van der Waals surface area (Å²) in [5.74, 6) is -1.90. The molecule has 0 aromatic heterocycles. The van der Waals surface area contributed by atoms with Gasteiger partial charge in [0.15, 0.2) is 6.61 Å². The number of anilines is 2. The van der Waals surface area contributed by atoms with Gasteiger partial charge in [0.05, 0.1) is 23.9 Å². The van der Waals surface area contributed by atoms with Crippen LogP contribution in [-0.2, 0) is 14.3 Å². The summed E-state index contributed by atoms with van der Waals surface area (Å²) >= 11 is 0. The van der Waals surface area contributed by atoms with Crippen molar-refractivity contribution in [1.82, 2.24) is 5.32 Å². The Morgan fingerprint density at radius 3 is 2.37 bits per heavy atom. The average Bonchev–Trinajstić information content (AvgIpc) is 2.71. The Balaban J connectivity index is 1.97. The second kappa shape index (κ2) is 10.6. The molecule has 0 aliphatic heterocycles. The highest BCUT2D eigenvalue weighted by molar-refractivity contribution is 6.02. The SMILES string of the molecule is COC(=O)c1cccc(NC(=O)COC(=O)c2ccccc2NC(=O)NC(C)C)c1. The first-order valence-corrected chi connectivity index (χ1v) is 9.12. The predicted octanol–water partition coefficient (Wildman–Crippen LogP) is 2.80. The Hall–Kier alpha value is -3.88. The first-order valence-electron chi connectivity index (χ1n) is 9.12. The minimum atomic E-state index is -0.770. The lowest BCUT2D eigenvalue weighted by molar-refractivity contribution is -0.119. The van der Waals surface area contributed by atoms with Crippen LogP contribution in [0.25, 0.3) is 0 Å². The molecule has 2 aromatic carbocycles. The molecule has 0 fully saturated rings. The molecule has 0 saturated carbocycles. The van der Waals surface area contributed by atoms with Crippen LogP contribution in [0.1, 0.15) is 34.6 Å². The third-order valence-corrected chi connectivity index (χ3v) is 3.72. The standard InChI is InChI=1S/C21H23N3O6/c1-13(2)22-21(28)24-17-10-5-4-9-16(17)20(27)30-12-18(25)23-15-8-6-7-14(11-15)19(26)29-3/h4-11,13H,12H2,1-3H3,(H,23,25)(H2,22,24,28). The summed E-state index contributed by atoms with van der Waals surface area (Å²) < 4.78 is 9.68. The lowest BCUT2D eigenvalue weighted by Crippen LogP contribution is -2.34. The van der Waals surface area contributed by atoms with Crippen LogP contribution in [0, 0.1) is 0 Å². The zero-order chi connectivity index (χ0) is 22.1. The number of ether oxygens (including phenoxy) is 2. The van der Waals surface area contributed by atoms with Gasteiger partial charge in [-0.2, -0.15) is 0 Å². The number of methoxy groups -OCH3 is 1. The molecule has 0 aliphatic rings. The largest absolute Gasteiger partial charge is 0.465 e. The molecule has 0 aliphatic carbocycles. The highest BCUT2D eigenvalue weighted by Gasteiger charge is 2.16. The molecule has 158 valence electrons. The Morgan fingerprint density at radius 1 is 0.933 bits per heavy atom. The molecule has 0 heterocycles. The van der Waals surface area contributed by atoms with Crippen molar-refractivity contribution in [2.75, 3.05) is 24.4 Å². The third kappa shape index (κ3) is 6.62. The van der Waals surface area contributed by atoms with Crippen molar-refractivity contribution >= 4 is 35.3 Å². The van der Waals surface area contributed by atoms with Gasteiger partial charge in [-0.3, -0.25) is 4.79 Å². The summed E-state index contributed by atoms with van der Waals surface area (Å²) in [4.78, 5) is 47.9. The molecule has 30 heavy (non-hydrogen) atoms. The molecule has 0 unspecified atom stereocenters. The van der Waals surface area contributed by atoms with Gasteiger partial charge in [0.25, 0.3) is 5.91 Å². The van der Waals surface area contributed by atoms with Crippen LogP contribution >= 0.6 is 0 Å². The number of rotatable bonds is 7. The molecule has 2 aromatic rings. The van der Waals surface area contributed by atoms with Crippen LogP contribution in [0.2, 0.25) is 0 Å². The van der Waals surface area contributed by atoms with E-state index in [1.54, 1.807) is 50.2 Å². The Kier molecular flexibility index (Phi) is 7.92. The Labute approximate surface area is 173 Å². The monoisotopic (exact) mass is 413 g/mol. The molecule has 3 amide bonds. The molecule has 9 heteroatoms. The van der Waals surface area contributed by atoms with Crippen molar-refractivity contribution in [3.8, 4) is 0 Å². The Bertz CT molecular complexity index is 942. The highest BCUT2D eigenvalue weighted by atomic mass is 16.5. The molecule has 0 bridgehead atoms. The van der Waals surface area contributed by atoms with Gasteiger partial charge in [-0.05, 0) is 44.2 Å². The number of urea groups is 1. The molecule has 0 radical (unpaired) electrons. The summed E-state index contributed by atoms with van der Waals surface area (Å²) in [6.07, 6.45) is 0. The molecule has 0 saturated heterocycles. The summed E-state index contributed by atoms with van der Waals surface area (Å²) in [6.45, 7) is 3.06. The van der Waals surface area contributed by atoms with Gasteiger partial charge in [0.2, 0.25) is 0 Å². The van der Waals surface area contributed by atoms with Gasteiger partial charge in [-0.25, -0.2) is 14.4 Å². The number of hydrogen-bond acceptors (Lipinski definition) is 6. The van der Waals surface area contributed by atoms with Gasteiger partial charge < -0.3 is 25.4 Å². The van der Waals surface area contributed by atoms with E-state index >= 15 is 0 Å². The van der Waals surface area contributed by atoms with Crippen molar-refractivity contribution in [3.63, 3.8) is 0 Å². The van der Waals surface area contributed by atoms with Crippen molar-refractivity contribution < 1.29 is 28.7 Å². The van der Waals surface area contributed by atoms with Gasteiger partial charge in [0.1, 0.15) is 0 Å². The van der Waals surface area contributed by atoms with E-state index < -0.39 is 30.5 Å². The van der Waals surface area contributed by atoms with E-state index in [1.807, 2.05) is 0 Å². The van der Waals surface area contributed by atoms with E-state index in [4.69, 9.17) is 4.74 Å². The van der Waals surface area contributed by atoms with E-state index in [2.05, 4.69) is 20.7 Å². The van der Waals surface area contributed by atoms with Crippen molar-refractivity contribution in [3.05, 3.63) is 59.7 Å². The molecule has 9 nitrogen and oxygen atoms in total. The fraction of sp³-hybridized carbons (Fsp3) is 0.238. The quantitative estimate of drug-likeness (QED) is 0.600. The van der Waals surface area contributed by atoms with Crippen molar-refractivity contribution in [2.45, 2.75) is 19.9 Å². The predicted molar refractivity (Wildman–Crippen MR) is 110 cm³/mol. The van der Waals surface area contributed by atoms with Gasteiger partial charge >= 0.3 is 18.0 Å². The normalized spacial score (nSPS) is 10.1. The lowest BCUT2D eigenvalue weighted by atomic mass is 10.2. The number of hydrogen-bond donors (Lipinski definition) is 3. The van der Waals surface area contributed by atoms with Gasteiger partial charge in [0, 0.05) is 11.7 Å². The van der Waals surface area contributed by atoms with E-state index in [1.165, 1.54) is 19.2 Å². The number of carbonyl (C=O) groups excluding carboxylic acids is 4. The number of benzene rings is 2. The van der Waals surface area contributed by atoms with Crippen LogP contribution in [0.5, 0.6) is 0 Å². The van der Waals surface area contributed by atoms with Crippen molar-refractivity contribution in [1.29, 1.82) is 0 Å². The van der Waals surface area contributed by atoms with Gasteiger partial charge in [-0.15, -0.1) is 0 Å². The number of carbonyl (C=O) groups is 4. The Morgan fingerprint density at radius 2 is 1.67 bits per heavy atom. The average molecular weight is 413 g/mol. The van der Waals surface area contributed by atoms with Crippen LogP contribution in [0.15, 0.2) is 48.5 Å². The maximum absolute atomic E-state index is 12.4. The van der Waals surface area contributed by atoms with Gasteiger partial charge in [-0.1, -0.05) is 18.2 Å². The summed E-state index contributed by atoms with van der Waals surface area (Å²) in [5.41, 5.74) is 0.988. The first kappa shape index (κ1) is 22.4. The molecule has 0 spiro atoms. The second-order valence-corrected chi connectivity index (χ2v) is 6.50. The number of para-hydroxylation sites is 1. The number of esters is 2. The number of amides is 3. The minimum absolute atomic E-state index is 0.0782. The molecule has 2 rings (SSSR count). The third-order valence-electron chi connectivity index (χ3n) is 3.72. The first-order chi connectivity index (χ1) is 14.3. The fourth-order valence-electron chi connectivity index (χ4n) is 2.44. The van der Waals surface area contributed by atoms with E-state index in [9.17, 15) is 19.2 Å². The van der Waals surface area contributed by atoms with Crippen LogP contribution in [-0.4, -0.2) is 43.6 Å². The smallest absolute Gasteiger partial charge is 0.340 e. The molecular weight excluding hydrogens is 390 g/mol. The second-order valence-electron chi connectivity index (χ2n) is 6.50.